The van der Waals surface area contributed by atoms with Gasteiger partial charge in [-0.25, -0.2) is 0 Å². The zero-order valence-electron chi connectivity index (χ0n) is 12.9. The Morgan fingerprint density at radius 2 is 1.86 bits per heavy atom. The van der Waals surface area contributed by atoms with Gasteiger partial charge in [0, 0.05) is 26.2 Å². The fourth-order valence-electron chi connectivity index (χ4n) is 2.59. The van der Waals surface area contributed by atoms with Gasteiger partial charge in [0.1, 0.15) is 0 Å². The van der Waals surface area contributed by atoms with E-state index in [1.54, 1.807) is 12.1 Å². The van der Waals surface area contributed by atoms with Crippen molar-refractivity contribution in [2.24, 2.45) is 0 Å². The molecule has 1 aromatic carbocycles. The average molecular weight is 310 g/mol. The molecule has 0 atom stereocenters. The maximum Gasteiger partial charge on any atom is 0.255 e. The minimum absolute atomic E-state index is 0.0496. The van der Waals surface area contributed by atoms with Crippen molar-refractivity contribution in [3.05, 3.63) is 34.9 Å². The molecule has 1 saturated heterocycles. The fourth-order valence-corrected chi connectivity index (χ4v) is 2.81. The largest absolute Gasteiger partial charge is 0.336 e. The molecule has 4 nitrogen and oxygen atoms in total. The van der Waals surface area contributed by atoms with E-state index in [1.807, 2.05) is 17.0 Å². The van der Waals surface area contributed by atoms with Crippen LogP contribution < -0.4 is 0 Å². The van der Waals surface area contributed by atoms with Gasteiger partial charge in [0.15, 0.2) is 0 Å². The molecule has 0 radical (unpaired) electrons. The lowest BCUT2D eigenvalue weighted by molar-refractivity contribution is 0.0634. The third kappa shape index (κ3) is 4.70. The van der Waals surface area contributed by atoms with E-state index in [2.05, 4.69) is 23.9 Å². The molecular formula is C16H24ClN3O. The van der Waals surface area contributed by atoms with Gasteiger partial charge in [0.25, 0.3) is 5.91 Å². The molecule has 0 aromatic heterocycles. The number of nitrogens with zero attached hydrogens (tertiary/aromatic N) is 3. The molecule has 0 bridgehead atoms. The van der Waals surface area contributed by atoms with Gasteiger partial charge in [-0.1, -0.05) is 23.7 Å². The van der Waals surface area contributed by atoms with Gasteiger partial charge in [-0.05, 0) is 45.7 Å². The fraction of sp³-hybridized carbons (Fsp3) is 0.562. The van der Waals surface area contributed by atoms with Crippen LogP contribution in [0.25, 0.3) is 0 Å². The molecule has 2 rings (SSSR count). The highest BCUT2D eigenvalue weighted by Gasteiger charge is 2.22. The number of carbonyl (C=O) groups is 1. The molecule has 116 valence electrons. The predicted molar refractivity (Wildman–Crippen MR) is 87.0 cm³/mol. The van der Waals surface area contributed by atoms with Crippen LogP contribution in [0.4, 0.5) is 0 Å². The molecule has 1 amide bonds. The highest BCUT2D eigenvalue weighted by molar-refractivity contribution is 6.33. The summed E-state index contributed by atoms with van der Waals surface area (Å²) in [6.45, 7) is 5.68. The van der Waals surface area contributed by atoms with Crippen molar-refractivity contribution in [3.8, 4) is 0 Å². The molecule has 0 aliphatic carbocycles. The maximum absolute atomic E-state index is 12.4. The van der Waals surface area contributed by atoms with Gasteiger partial charge in [-0.15, -0.1) is 0 Å². The molecule has 1 aromatic rings. The van der Waals surface area contributed by atoms with E-state index in [-0.39, 0.29) is 5.91 Å². The molecule has 1 fully saturated rings. The molecule has 5 heteroatoms. The third-order valence-electron chi connectivity index (χ3n) is 3.84. The summed E-state index contributed by atoms with van der Waals surface area (Å²) in [6, 6.07) is 7.28. The molecule has 1 aliphatic heterocycles. The number of hydrogen-bond donors (Lipinski definition) is 0. The van der Waals surface area contributed by atoms with Crippen molar-refractivity contribution in [3.63, 3.8) is 0 Å². The van der Waals surface area contributed by atoms with Crippen LogP contribution in [0.5, 0.6) is 0 Å². The molecule has 0 unspecified atom stereocenters. The Morgan fingerprint density at radius 1 is 1.19 bits per heavy atom. The smallest absolute Gasteiger partial charge is 0.255 e. The topological polar surface area (TPSA) is 26.8 Å². The van der Waals surface area contributed by atoms with E-state index in [4.69, 9.17) is 11.6 Å². The first-order valence-electron chi connectivity index (χ1n) is 7.49. The van der Waals surface area contributed by atoms with Crippen molar-refractivity contribution < 1.29 is 4.79 Å². The van der Waals surface area contributed by atoms with Crippen molar-refractivity contribution in [1.29, 1.82) is 0 Å². The lowest BCUT2D eigenvalue weighted by Gasteiger charge is -2.35. The van der Waals surface area contributed by atoms with E-state index in [0.717, 1.165) is 39.3 Å². The number of amides is 1. The molecule has 1 heterocycles. The van der Waals surface area contributed by atoms with Crippen LogP contribution in [0.3, 0.4) is 0 Å². The van der Waals surface area contributed by atoms with Crippen LogP contribution in [0.1, 0.15) is 16.8 Å². The first-order chi connectivity index (χ1) is 10.1. The number of piperazine rings is 1. The molecular weight excluding hydrogens is 286 g/mol. The van der Waals surface area contributed by atoms with E-state index < -0.39 is 0 Å². The van der Waals surface area contributed by atoms with E-state index >= 15 is 0 Å². The summed E-state index contributed by atoms with van der Waals surface area (Å²) in [5.41, 5.74) is 0.611. The van der Waals surface area contributed by atoms with Crippen LogP contribution in [0.2, 0.25) is 5.02 Å². The summed E-state index contributed by atoms with van der Waals surface area (Å²) in [6.07, 6.45) is 1.17. The summed E-state index contributed by atoms with van der Waals surface area (Å²) >= 11 is 6.10. The Hall–Kier alpha value is -1.10. The molecule has 21 heavy (non-hydrogen) atoms. The molecule has 0 spiro atoms. The second-order valence-corrected chi connectivity index (χ2v) is 6.18. The second-order valence-electron chi connectivity index (χ2n) is 5.77. The Labute approximate surface area is 132 Å². The number of rotatable bonds is 5. The Bertz CT molecular complexity index is 470. The number of hydrogen-bond acceptors (Lipinski definition) is 3. The Morgan fingerprint density at radius 3 is 2.48 bits per heavy atom. The van der Waals surface area contributed by atoms with Crippen LogP contribution >= 0.6 is 11.6 Å². The second kappa shape index (κ2) is 7.78. The Kier molecular flexibility index (Phi) is 6.03. The van der Waals surface area contributed by atoms with Crippen molar-refractivity contribution in [1.82, 2.24) is 14.7 Å². The van der Waals surface area contributed by atoms with Gasteiger partial charge in [-0.3, -0.25) is 9.69 Å². The monoisotopic (exact) mass is 309 g/mol. The van der Waals surface area contributed by atoms with Gasteiger partial charge < -0.3 is 9.80 Å². The average Bonchev–Trinajstić information content (AvgIpc) is 2.47. The Balaban J connectivity index is 1.81. The SMILES string of the molecule is CN(C)CCCN1CCN(C(=O)c2ccccc2Cl)CC1. The lowest BCUT2D eigenvalue weighted by Crippen LogP contribution is -2.49. The first-order valence-corrected chi connectivity index (χ1v) is 7.86. The van der Waals surface area contributed by atoms with Crippen LogP contribution in [-0.4, -0.2) is 74.0 Å². The summed E-state index contributed by atoms with van der Waals surface area (Å²) in [7, 11) is 4.19. The number of carbonyl (C=O) groups excluding carboxylic acids is 1. The lowest BCUT2D eigenvalue weighted by atomic mass is 10.1. The van der Waals surface area contributed by atoms with Crippen LogP contribution in [0.15, 0.2) is 24.3 Å². The van der Waals surface area contributed by atoms with E-state index in [0.29, 0.717) is 10.6 Å². The third-order valence-corrected chi connectivity index (χ3v) is 4.17. The molecule has 0 saturated carbocycles. The minimum atomic E-state index is 0.0496. The van der Waals surface area contributed by atoms with E-state index in [1.165, 1.54) is 6.42 Å². The van der Waals surface area contributed by atoms with Crippen LogP contribution in [-0.2, 0) is 0 Å². The maximum atomic E-state index is 12.4. The highest BCUT2D eigenvalue weighted by atomic mass is 35.5. The summed E-state index contributed by atoms with van der Waals surface area (Å²) < 4.78 is 0. The van der Waals surface area contributed by atoms with E-state index in [9.17, 15) is 4.79 Å². The molecule has 1 aliphatic rings. The van der Waals surface area contributed by atoms with Crippen LogP contribution in [0, 0.1) is 0 Å². The normalized spacial score (nSPS) is 16.5. The summed E-state index contributed by atoms with van der Waals surface area (Å²) in [5.74, 6) is 0.0496. The summed E-state index contributed by atoms with van der Waals surface area (Å²) in [4.78, 5) is 19.0. The first kappa shape index (κ1) is 16.3. The van der Waals surface area contributed by atoms with Gasteiger partial charge in [0.2, 0.25) is 0 Å². The van der Waals surface area contributed by atoms with Crippen molar-refractivity contribution in [2.75, 3.05) is 53.4 Å². The van der Waals surface area contributed by atoms with Gasteiger partial charge in [-0.2, -0.15) is 0 Å². The zero-order chi connectivity index (χ0) is 15.2. The van der Waals surface area contributed by atoms with Gasteiger partial charge >= 0.3 is 0 Å². The zero-order valence-corrected chi connectivity index (χ0v) is 13.6. The van der Waals surface area contributed by atoms with Gasteiger partial charge in [0.05, 0.1) is 10.6 Å². The quantitative estimate of drug-likeness (QED) is 0.833. The van der Waals surface area contributed by atoms with Crippen molar-refractivity contribution >= 4 is 17.5 Å². The molecule has 0 N–H and O–H groups in total. The van der Waals surface area contributed by atoms with Crippen molar-refractivity contribution in [2.45, 2.75) is 6.42 Å². The standard InChI is InChI=1S/C16H24ClN3O/c1-18(2)8-5-9-19-10-12-20(13-11-19)16(21)14-6-3-4-7-15(14)17/h3-4,6-7H,5,8-13H2,1-2H3. The predicted octanol–water partition coefficient (Wildman–Crippen LogP) is 2.05. The number of benzene rings is 1. The highest BCUT2D eigenvalue weighted by Crippen LogP contribution is 2.18. The summed E-state index contributed by atoms with van der Waals surface area (Å²) in [5, 5.41) is 0.538. The minimum Gasteiger partial charge on any atom is -0.336 e. The number of halogens is 1.